The predicted molar refractivity (Wildman–Crippen MR) is 109 cm³/mol. The summed E-state index contributed by atoms with van der Waals surface area (Å²) < 4.78 is 5.19. The maximum atomic E-state index is 12.6. The molecule has 2 N–H and O–H groups in total. The molecule has 1 fully saturated rings. The molecule has 0 aliphatic carbocycles. The van der Waals surface area contributed by atoms with Crippen LogP contribution >= 0.6 is 0 Å². The van der Waals surface area contributed by atoms with Gasteiger partial charge in [-0.3, -0.25) is 14.5 Å². The number of ether oxygens (including phenoxy) is 1. The van der Waals surface area contributed by atoms with E-state index in [0.717, 1.165) is 17.9 Å². The molecule has 0 bridgehead atoms. The standard InChI is InChI=1S/C21H28N4O4/c1-24(14-16-4-6-17(29-2)7-5-16)15-21(28)10-3-12-25(13-11-21)20(27)18-8-9-19(26)23-22-18/h4-9,28H,3,10-15H2,1-2H3,(H,23,26)/t21-/m0/s1. The highest BCUT2D eigenvalue weighted by atomic mass is 16.5. The molecule has 3 rings (SSSR count). The number of likely N-dealkylation sites (N-methyl/N-ethyl adjacent to an activating group) is 1. The highest BCUT2D eigenvalue weighted by molar-refractivity contribution is 5.92. The summed E-state index contributed by atoms with van der Waals surface area (Å²) in [7, 11) is 3.63. The Hall–Kier alpha value is -2.71. The van der Waals surface area contributed by atoms with Crippen LogP contribution < -0.4 is 10.3 Å². The number of H-pyrrole nitrogens is 1. The summed E-state index contributed by atoms with van der Waals surface area (Å²) in [6.07, 6.45) is 1.83. The van der Waals surface area contributed by atoms with Gasteiger partial charge in [-0.2, -0.15) is 5.10 Å². The van der Waals surface area contributed by atoms with Crippen LogP contribution in [0.5, 0.6) is 5.75 Å². The lowest BCUT2D eigenvalue weighted by atomic mass is 9.94. The molecule has 0 radical (unpaired) electrons. The fraction of sp³-hybridized carbons (Fsp3) is 0.476. The monoisotopic (exact) mass is 400 g/mol. The fourth-order valence-corrected chi connectivity index (χ4v) is 3.77. The van der Waals surface area contributed by atoms with Gasteiger partial charge in [-0.05, 0) is 50.1 Å². The highest BCUT2D eigenvalue weighted by Gasteiger charge is 2.33. The van der Waals surface area contributed by atoms with E-state index in [9.17, 15) is 14.7 Å². The van der Waals surface area contributed by atoms with Gasteiger partial charge in [0.2, 0.25) is 0 Å². The molecular formula is C21H28N4O4. The number of aliphatic hydroxyl groups is 1. The Morgan fingerprint density at radius 1 is 1.24 bits per heavy atom. The topological polar surface area (TPSA) is 98.8 Å². The molecule has 1 saturated heterocycles. The number of hydrogen-bond donors (Lipinski definition) is 2. The molecule has 29 heavy (non-hydrogen) atoms. The Kier molecular flexibility index (Phi) is 6.66. The molecule has 0 spiro atoms. The lowest BCUT2D eigenvalue weighted by molar-refractivity contribution is -0.00402. The summed E-state index contributed by atoms with van der Waals surface area (Å²) in [4.78, 5) is 27.6. The van der Waals surface area contributed by atoms with Crippen molar-refractivity contribution in [1.82, 2.24) is 20.0 Å². The minimum Gasteiger partial charge on any atom is -0.497 e. The number of nitrogens with one attached hydrogen (secondary N) is 1. The summed E-state index contributed by atoms with van der Waals surface area (Å²) >= 11 is 0. The van der Waals surface area contributed by atoms with Gasteiger partial charge in [0, 0.05) is 32.2 Å². The third-order valence-corrected chi connectivity index (χ3v) is 5.28. The van der Waals surface area contributed by atoms with Gasteiger partial charge in [0.15, 0.2) is 0 Å². The Balaban J connectivity index is 1.57. The van der Waals surface area contributed by atoms with Gasteiger partial charge in [0.25, 0.3) is 11.5 Å². The zero-order valence-electron chi connectivity index (χ0n) is 16.9. The van der Waals surface area contributed by atoms with Crippen LogP contribution in [0.1, 0.15) is 35.3 Å². The smallest absolute Gasteiger partial charge is 0.274 e. The Morgan fingerprint density at radius 2 is 2.00 bits per heavy atom. The van der Waals surface area contributed by atoms with Crippen molar-refractivity contribution in [2.75, 3.05) is 33.8 Å². The van der Waals surface area contributed by atoms with Gasteiger partial charge in [-0.1, -0.05) is 12.1 Å². The maximum Gasteiger partial charge on any atom is 0.274 e. The van der Waals surface area contributed by atoms with Gasteiger partial charge in [-0.15, -0.1) is 0 Å². The summed E-state index contributed by atoms with van der Waals surface area (Å²) in [6, 6.07) is 10.6. The number of rotatable bonds is 6. The van der Waals surface area contributed by atoms with Crippen LogP contribution in [0.4, 0.5) is 0 Å². The first-order valence-corrected chi connectivity index (χ1v) is 9.77. The number of benzene rings is 1. The van der Waals surface area contributed by atoms with Crippen LogP contribution in [0.15, 0.2) is 41.2 Å². The van der Waals surface area contributed by atoms with Crippen LogP contribution in [0, 0.1) is 0 Å². The Morgan fingerprint density at radius 3 is 2.66 bits per heavy atom. The van der Waals surface area contributed by atoms with Crippen LogP contribution in [-0.2, 0) is 6.54 Å². The van der Waals surface area contributed by atoms with Gasteiger partial charge in [0.05, 0.1) is 12.7 Å². The molecule has 0 saturated carbocycles. The van der Waals surface area contributed by atoms with E-state index in [0.29, 0.717) is 38.9 Å². The van der Waals surface area contributed by atoms with E-state index in [-0.39, 0.29) is 17.2 Å². The van der Waals surface area contributed by atoms with Crippen LogP contribution in [-0.4, -0.2) is 70.4 Å². The zero-order chi connectivity index (χ0) is 20.9. The predicted octanol–water partition coefficient (Wildman–Crippen LogP) is 1.27. The third-order valence-electron chi connectivity index (χ3n) is 5.28. The minimum atomic E-state index is -0.853. The normalized spacial score (nSPS) is 19.8. The SMILES string of the molecule is COc1ccc(CN(C)C[C@]2(O)CCCN(C(=O)c3ccc(=O)[nH]n3)CC2)cc1. The molecule has 1 atom stereocenters. The molecule has 8 heteroatoms. The largest absolute Gasteiger partial charge is 0.497 e. The second-order valence-electron chi connectivity index (χ2n) is 7.70. The van der Waals surface area contributed by atoms with Crippen molar-refractivity contribution in [3.05, 3.63) is 58.0 Å². The average Bonchev–Trinajstić information content (AvgIpc) is 2.90. The van der Waals surface area contributed by atoms with Crippen molar-refractivity contribution >= 4 is 5.91 Å². The van der Waals surface area contributed by atoms with E-state index >= 15 is 0 Å². The Labute approximate surface area is 170 Å². The minimum absolute atomic E-state index is 0.215. The van der Waals surface area contributed by atoms with Crippen LogP contribution in [0.25, 0.3) is 0 Å². The van der Waals surface area contributed by atoms with Crippen LogP contribution in [0.3, 0.4) is 0 Å². The molecule has 2 aromatic rings. The third kappa shape index (κ3) is 5.65. The molecule has 1 aliphatic rings. The van der Waals surface area contributed by atoms with Gasteiger partial charge in [-0.25, -0.2) is 5.10 Å². The Bertz CT molecular complexity index is 862. The number of nitrogens with zero attached hydrogens (tertiary/aromatic N) is 3. The number of carbonyl (C=O) groups is 1. The summed E-state index contributed by atoms with van der Waals surface area (Å²) in [5.41, 5.74) is 0.166. The second-order valence-corrected chi connectivity index (χ2v) is 7.70. The molecule has 2 heterocycles. The summed E-state index contributed by atoms with van der Waals surface area (Å²) in [5, 5.41) is 17.2. The van der Waals surface area contributed by atoms with Gasteiger partial charge < -0.3 is 14.7 Å². The lowest BCUT2D eigenvalue weighted by Gasteiger charge is -2.31. The van der Waals surface area contributed by atoms with E-state index in [1.54, 1.807) is 12.0 Å². The van der Waals surface area contributed by atoms with E-state index in [1.807, 2.05) is 31.3 Å². The van der Waals surface area contributed by atoms with Gasteiger partial charge >= 0.3 is 0 Å². The molecule has 1 aromatic carbocycles. The molecule has 0 unspecified atom stereocenters. The van der Waals surface area contributed by atoms with Crippen molar-refractivity contribution in [1.29, 1.82) is 0 Å². The van der Waals surface area contributed by atoms with Crippen molar-refractivity contribution in [3.8, 4) is 5.75 Å². The molecule has 156 valence electrons. The average molecular weight is 400 g/mol. The quantitative estimate of drug-likeness (QED) is 0.758. The van der Waals surface area contributed by atoms with Crippen molar-refractivity contribution < 1.29 is 14.6 Å². The van der Waals surface area contributed by atoms with E-state index in [4.69, 9.17) is 4.74 Å². The number of aromatic nitrogens is 2. The van der Waals surface area contributed by atoms with E-state index in [1.165, 1.54) is 12.1 Å². The van der Waals surface area contributed by atoms with Gasteiger partial charge in [0.1, 0.15) is 11.4 Å². The molecule has 1 aromatic heterocycles. The van der Waals surface area contributed by atoms with E-state index < -0.39 is 5.60 Å². The van der Waals surface area contributed by atoms with Crippen molar-refractivity contribution in [2.24, 2.45) is 0 Å². The second kappa shape index (κ2) is 9.19. The first-order valence-electron chi connectivity index (χ1n) is 9.77. The molecule has 1 amide bonds. The highest BCUT2D eigenvalue weighted by Crippen LogP contribution is 2.25. The van der Waals surface area contributed by atoms with E-state index in [2.05, 4.69) is 15.1 Å². The van der Waals surface area contributed by atoms with Crippen molar-refractivity contribution in [2.45, 2.75) is 31.4 Å². The summed E-state index contributed by atoms with van der Waals surface area (Å²) in [5.74, 6) is 0.595. The molecule has 8 nitrogen and oxygen atoms in total. The first-order chi connectivity index (χ1) is 13.9. The van der Waals surface area contributed by atoms with Crippen LogP contribution in [0.2, 0.25) is 0 Å². The number of carbonyl (C=O) groups excluding carboxylic acids is 1. The zero-order valence-corrected chi connectivity index (χ0v) is 16.9. The summed E-state index contributed by atoms with van der Waals surface area (Å²) in [6.45, 7) is 2.25. The maximum absolute atomic E-state index is 12.6. The number of methoxy groups -OCH3 is 1. The number of hydrogen-bond acceptors (Lipinski definition) is 6. The van der Waals surface area contributed by atoms with Crippen molar-refractivity contribution in [3.63, 3.8) is 0 Å². The number of amides is 1. The number of likely N-dealkylation sites (tertiary alicyclic amines) is 1. The first kappa shape index (κ1) is 21.0. The molecular weight excluding hydrogens is 372 g/mol. The fourth-order valence-electron chi connectivity index (χ4n) is 3.77. The molecule has 1 aliphatic heterocycles. The lowest BCUT2D eigenvalue weighted by Crippen LogP contribution is -2.42. The number of aromatic amines is 1.